The summed E-state index contributed by atoms with van der Waals surface area (Å²) < 4.78 is 12.6. The summed E-state index contributed by atoms with van der Waals surface area (Å²) in [6.45, 7) is 1.01. The van der Waals surface area contributed by atoms with Crippen molar-refractivity contribution in [3.63, 3.8) is 0 Å². The fraction of sp³-hybridized carbons (Fsp3) is 0.300. The van der Waals surface area contributed by atoms with Gasteiger partial charge in [0.05, 0.1) is 0 Å². The summed E-state index contributed by atoms with van der Waals surface area (Å²) in [5.41, 5.74) is 0. The molecule has 0 unspecified atom stereocenters. The molecule has 0 bridgehead atoms. The van der Waals surface area contributed by atoms with Crippen LogP contribution in [0.3, 0.4) is 0 Å². The normalized spacial score (nSPS) is 10.2. The highest BCUT2D eigenvalue weighted by Gasteiger charge is 2.04. The lowest BCUT2D eigenvalue weighted by molar-refractivity contribution is -0.124. The van der Waals surface area contributed by atoms with Crippen LogP contribution in [0.1, 0.15) is 12.8 Å². The first-order valence-electron chi connectivity index (χ1n) is 8.83. The number of hydrogen-bond acceptors (Lipinski definition) is 4. The molecular weight excluding hydrogens is 492 g/mol. The molecule has 2 amide bonds. The largest absolute Gasteiger partial charge is 0.484 e. The number of carbonyl (C=O) groups is 2. The Labute approximate surface area is 181 Å². The summed E-state index contributed by atoms with van der Waals surface area (Å²) >= 11 is 6.70. The van der Waals surface area contributed by atoms with E-state index < -0.39 is 0 Å². The Kier molecular flexibility index (Phi) is 9.85. The second kappa shape index (κ2) is 12.4. The molecule has 0 aromatic heterocycles. The molecule has 0 spiro atoms. The lowest BCUT2D eigenvalue weighted by Gasteiger charge is -2.09. The van der Waals surface area contributed by atoms with Crippen LogP contribution in [-0.4, -0.2) is 38.1 Å². The molecule has 0 aliphatic heterocycles. The third kappa shape index (κ3) is 9.23. The number of benzene rings is 2. The first kappa shape index (κ1) is 22.2. The van der Waals surface area contributed by atoms with E-state index in [1.165, 1.54) is 0 Å². The van der Waals surface area contributed by atoms with Gasteiger partial charge in [-0.25, -0.2) is 0 Å². The molecule has 0 radical (unpaired) electrons. The predicted molar refractivity (Wildman–Crippen MR) is 115 cm³/mol. The third-order valence-corrected chi connectivity index (χ3v) is 4.57. The minimum Gasteiger partial charge on any atom is -0.484 e. The van der Waals surface area contributed by atoms with E-state index in [9.17, 15) is 9.59 Å². The predicted octanol–water partition coefficient (Wildman–Crippen LogP) is 3.68. The molecule has 2 rings (SSSR count). The molecule has 2 aromatic rings. The van der Waals surface area contributed by atoms with Gasteiger partial charge < -0.3 is 20.1 Å². The minimum atomic E-state index is -0.175. The van der Waals surface area contributed by atoms with Crippen molar-refractivity contribution in [1.29, 1.82) is 0 Å². The Morgan fingerprint density at radius 2 is 1.18 bits per heavy atom. The summed E-state index contributed by atoms with van der Waals surface area (Å²) in [5.74, 6) is 0.924. The van der Waals surface area contributed by atoms with E-state index in [0.29, 0.717) is 24.6 Å². The molecule has 0 saturated heterocycles. The molecule has 0 aliphatic carbocycles. The lowest BCUT2D eigenvalue weighted by atomic mass is 10.3. The Balaban J connectivity index is 1.48. The van der Waals surface area contributed by atoms with E-state index in [1.54, 1.807) is 24.3 Å². The molecule has 0 heterocycles. The van der Waals surface area contributed by atoms with Crippen molar-refractivity contribution in [2.75, 3.05) is 26.3 Å². The number of ether oxygens (including phenoxy) is 2. The fourth-order valence-electron chi connectivity index (χ4n) is 2.22. The summed E-state index contributed by atoms with van der Waals surface area (Å²) in [6.07, 6.45) is 1.52. The zero-order chi connectivity index (χ0) is 20.2. The topological polar surface area (TPSA) is 76.7 Å². The molecule has 28 heavy (non-hydrogen) atoms. The number of halogens is 2. The molecule has 2 aromatic carbocycles. The van der Waals surface area contributed by atoms with E-state index in [2.05, 4.69) is 42.5 Å². The van der Waals surface area contributed by atoms with Crippen molar-refractivity contribution in [3.05, 3.63) is 57.5 Å². The van der Waals surface area contributed by atoms with Gasteiger partial charge >= 0.3 is 0 Å². The van der Waals surface area contributed by atoms with Crippen molar-refractivity contribution in [2.45, 2.75) is 12.8 Å². The van der Waals surface area contributed by atoms with E-state index in [4.69, 9.17) is 9.47 Å². The van der Waals surface area contributed by atoms with Gasteiger partial charge in [0.15, 0.2) is 13.2 Å². The first-order valence-corrected chi connectivity index (χ1v) is 10.4. The zero-order valence-corrected chi connectivity index (χ0v) is 18.4. The van der Waals surface area contributed by atoms with Crippen LogP contribution < -0.4 is 20.1 Å². The maximum Gasteiger partial charge on any atom is 0.257 e. The third-order valence-electron chi connectivity index (χ3n) is 3.58. The summed E-state index contributed by atoms with van der Waals surface area (Å²) in [6, 6.07) is 14.6. The van der Waals surface area contributed by atoms with Crippen LogP contribution in [-0.2, 0) is 9.59 Å². The van der Waals surface area contributed by atoms with Crippen molar-refractivity contribution in [2.24, 2.45) is 0 Å². The van der Waals surface area contributed by atoms with Crippen molar-refractivity contribution >= 4 is 43.7 Å². The monoisotopic (exact) mass is 512 g/mol. The summed E-state index contributed by atoms with van der Waals surface area (Å²) in [4.78, 5) is 23.5. The van der Waals surface area contributed by atoms with Gasteiger partial charge in [-0.1, -0.05) is 44.0 Å². The average Bonchev–Trinajstić information content (AvgIpc) is 2.67. The molecule has 8 heteroatoms. The number of rotatable bonds is 11. The van der Waals surface area contributed by atoms with Gasteiger partial charge in [-0.05, 0) is 49.2 Å². The molecule has 6 nitrogen and oxygen atoms in total. The standard InChI is InChI=1S/C20H22Br2N2O4/c21-15-5-3-7-17(11-15)27-13-19(25)23-9-1-2-10-24-20(26)14-28-18-8-4-6-16(22)12-18/h3-8,11-12H,1-2,9-10,13-14H2,(H,23,25)(H,24,26). The second-order valence-electron chi connectivity index (χ2n) is 5.90. The van der Waals surface area contributed by atoms with Crippen LogP contribution in [0.15, 0.2) is 57.5 Å². The van der Waals surface area contributed by atoms with Crippen LogP contribution in [0.2, 0.25) is 0 Å². The van der Waals surface area contributed by atoms with Gasteiger partial charge in [0.25, 0.3) is 11.8 Å². The Hall–Kier alpha value is -2.06. The Morgan fingerprint density at radius 1 is 0.750 bits per heavy atom. The van der Waals surface area contributed by atoms with Gasteiger partial charge in [0.2, 0.25) is 0 Å². The number of hydrogen-bond donors (Lipinski definition) is 2. The first-order chi connectivity index (χ1) is 13.5. The molecule has 150 valence electrons. The molecular formula is C20H22Br2N2O4. The molecule has 2 N–H and O–H groups in total. The fourth-order valence-corrected chi connectivity index (χ4v) is 2.98. The van der Waals surface area contributed by atoms with Crippen molar-refractivity contribution < 1.29 is 19.1 Å². The smallest absolute Gasteiger partial charge is 0.257 e. The van der Waals surface area contributed by atoms with Crippen LogP contribution >= 0.6 is 31.9 Å². The minimum absolute atomic E-state index is 0.0277. The number of nitrogens with one attached hydrogen (secondary N) is 2. The number of amides is 2. The van der Waals surface area contributed by atoms with E-state index >= 15 is 0 Å². The Bertz CT molecular complexity index is 721. The van der Waals surface area contributed by atoms with Gasteiger partial charge in [-0.2, -0.15) is 0 Å². The Morgan fingerprint density at radius 3 is 1.57 bits per heavy atom. The molecule has 0 aliphatic rings. The van der Waals surface area contributed by atoms with E-state index in [1.807, 2.05) is 24.3 Å². The van der Waals surface area contributed by atoms with Gasteiger partial charge in [0.1, 0.15) is 11.5 Å². The van der Waals surface area contributed by atoms with Gasteiger partial charge in [0, 0.05) is 22.0 Å². The maximum absolute atomic E-state index is 11.7. The molecule has 0 saturated carbocycles. The molecule has 0 atom stereocenters. The summed E-state index contributed by atoms with van der Waals surface area (Å²) in [5, 5.41) is 5.58. The van der Waals surface area contributed by atoms with Crippen molar-refractivity contribution in [1.82, 2.24) is 10.6 Å². The number of carbonyl (C=O) groups excluding carboxylic acids is 2. The van der Waals surface area contributed by atoms with E-state index in [-0.39, 0.29) is 25.0 Å². The van der Waals surface area contributed by atoms with Gasteiger partial charge in [-0.3, -0.25) is 9.59 Å². The quantitative estimate of drug-likeness (QED) is 0.449. The van der Waals surface area contributed by atoms with Crippen LogP contribution in [0.25, 0.3) is 0 Å². The average molecular weight is 514 g/mol. The SMILES string of the molecule is O=C(COc1cccc(Br)c1)NCCCCNC(=O)COc1cccc(Br)c1. The van der Waals surface area contributed by atoms with Crippen LogP contribution in [0, 0.1) is 0 Å². The van der Waals surface area contributed by atoms with E-state index in [0.717, 1.165) is 21.8 Å². The van der Waals surface area contributed by atoms with Crippen molar-refractivity contribution in [3.8, 4) is 11.5 Å². The van der Waals surface area contributed by atoms with Crippen LogP contribution in [0.4, 0.5) is 0 Å². The van der Waals surface area contributed by atoms with Crippen LogP contribution in [0.5, 0.6) is 11.5 Å². The highest BCUT2D eigenvalue weighted by molar-refractivity contribution is 9.10. The highest BCUT2D eigenvalue weighted by Crippen LogP contribution is 2.18. The second-order valence-corrected chi connectivity index (χ2v) is 7.73. The zero-order valence-electron chi connectivity index (χ0n) is 15.3. The highest BCUT2D eigenvalue weighted by atomic mass is 79.9. The molecule has 0 fully saturated rings. The maximum atomic E-state index is 11.7. The van der Waals surface area contributed by atoms with Gasteiger partial charge in [-0.15, -0.1) is 0 Å². The summed E-state index contributed by atoms with van der Waals surface area (Å²) in [7, 11) is 0. The number of unbranched alkanes of at least 4 members (excludes halogenated alkanes) is 1. The lowest BCUT2D eigenvalue weighted by Crippen LogP contribution is -2.32.